The van der Waals surface area contributed by atoms with E-state index < -0.39 is 10.8 Å². The SMILES string of the molecule is O=C(Nc1nnc(CN2CCCCC2)s1)c1cccc([N+](=O)[O-])c1. The summed E-state index contributed by atoms with van der Waals surface area (Å²) in [6.07, 6.45) is 3.68. The molecule has 1 aliphatic rings. The number of hydrogen-bond donors (Lipinski definition) is 1. The van der Waals surface area contributed by atoms with Crippen molar-refractivity contribution in [3.8, 4) is 0 Å². The number of nitrogens with zero attached hydrogens (tertiary/aromatic N) is 4. The van der Waals surface area contributed by atoms with E-state index in [1.54, 1.807) is 0 Å². The standard InChI is InChI=1S/C15H17N5O3S/c21-14(11-5-4-6-12(9-11)20(22)23)16-15-18-17-13(24-15)10-19-7-2-1-3-8-19/h4-6,9H,1-3,7-8,10H2,(H,16,18,21). The Morgan fingerprint density at radius 1 is 1.29 bits per heavy atom. The van der Waals surface area contributed by atoms with Gasteiger partial charge in [-0.2, -0.15) is 0 Å². The molecule has 1 aliphatic heterocycles. The van der Waals surface area contributed by atoms with Crippen LogP contribution in [-0.4, -0.2) is 39.0 Å². The average Bonchev–Trinajstić information content (AvgIpc) is 3.02. The Morgan fingerprint density at radius 2 is 2.08 bits per heavy atom. The van der Waals surface area contributed by atoms with Gasteiger partial charge in [0.15, 0.2) is 0 Å². The van der Waals surface area contributed by atoms with Gasteiger partial charge in [-0.1, -0.05) is 23.8 Å². The van der Waals surface area contributed by atoms with Crippen molar-refractivity contribution in [1.82, 2.24) is 15.1 Å². The van der Waals surface area contributed by atoms with Crippen molar-refractivity contribution in [2.45, 2.75) is 25.8 Å². The third-order valence-corrected chi connectivity index (χ3v) is 4.64. The van der Waals surface area contributed by atoms with Crippen molar-refractivity contribution >= 4 is 28.1 Å². The monoisotopic (exact) mass is 347 g/mol. The van der Waals surface area contributed by atoms with Crippen molar-refractivity contribution in [3.63, 3.8) is 0 Å². The van der Waals surface area contributed by atoms with Crippen LogP contribution in [0.5, 0.6) is 0 Å². The van der Waals surface area contributed by atoms with Gasteiger partial charge in [-0.25, -0.2) is 0 Å². The van der Waals surface area contributed by atoms with Crippen molar-refractivity contribution in [1.29, 1.82) is 0 Å². The second kappa shape index (κ2) is 7.45. The van der Waals surface area contributed by atoms with E-state index in [4.69, 9.17) is 0 Å². The maximum Gasteiger partial charge on any atom is 0.270 e. The van der Waals surface area contributed by atoms with Gasteiger partial charge in [0.2, 0.25) is 5.13 Å². The first-order valence-electron chi connectivity index (χ1n) is 7.72. The van der Waals surface area contributed by atoms with Crippen LogP contribution >= 0.6 is 11.3 Å². The van der Waals surface area contributed by atoms with Gasteiger partial charge >= 0.3 is 0 Å². The lowest BCUT2D eigenvalue weighted by molar-refractivity contribution is -0.384. The number of aromatic nitrogens is 2. The number of likely N-dealkylation sites (tertiary alicyclic amines) is 1. The molecule has 1 aromatic carbocycles. The van der Waals surface area contributed by atoms with Crippen molar-refractivity contribution in [2.24, 2.45) is 0 Å². The minimum Gasteiger partial charge on any atom is -0.297 e. The topological polar surface area (TPSA) is 101 Å². The number of amides is 1. The van der Waals surface area contributed by atoms with E-state index in [1.165, 1.54) is 54.9 Å². The zero-order valence-electron chi connectivity index (χ0n) is 13.0. The van der Waals surface area contributed by atoms with Crippen LogP contribution < -0.4 is 5.32 Å². The summed E-state index contributed by atoms with van der Waals surface area (Å²) in [6.45, 7) is 2.87. The number of hydrogen-bond acceptors (Lipinski definition) is 7. The second-order valence-corrected chi connectivity index (χ2v) is 6.66. The maximum atomic E-state index is 12.2. The number of nitro groups is 1. The van der Waals surface area contributed by atoms with Crippen molar-refractivity contribution < 1.29 is 9.72 Å². The molecule has 0 spiro atoms. The van der Waals surface area contributed by atoms with Gasteiger partial charge in [0.25, 0.3) is 11.6 Å². The quantitative estimate of drug-likeness (QED) is 0.659. The Hall–Kier alpha value is -2.39. The van der Waals surface area contributed by atoms with Crippen LogP contribution in [0.25, 0.3) is 0 Å². The number of anilines is 1. The predicted octanol–water partition coefficient (Wildman–Crippen LogP) is 2.68. The highest BCUT2D eigenvalue weighted by Crippen LogP contribution is 2.20. The molecule has 0 aliphatic carbocycles. The van der Waals surface area contributed by atoms with E-state index in [0.717, 1.165) is 24.6 Å². The predicted molar refractivity (Wildman–Crippen MR) is 90.1 cm³/mol. The van der Waals surface area contributed by atoms with Gasteiger partial charge in [-0.3, -0.25) is 25.1 Å². The largest absolute Gasteiger partial charge is 0.297 e. The van der Waals surface area contributed by atoms with E-state index in [9.17, 15) is 14.9 Å². The molecule has 2 heterocycles. The fourth-order valence-electron chi connectivity index (χ4n) is 2.61. The summed E-state index contributed by atoms with van der Waals surface area (Å²) >= 11 is 1.33. The van der Waals surface area contributed by atoms with E-state index >= 15 is 0 Å². The molecule has 24 heavy (non-hydrogen) atoms. The van der Waals surface area contributed by atoms with Gasteiger partial charge in [0.05, 0.1) is 11.5 Å². The zero-order valence-corrected chi connectivity index (χ0v) is 13.8. The van der Waals surface area contributed by atoms with E-state index in [2.05, 4.69) is 20.4 Å². The number of non-ortho nitro benzene ring substituents is 1. The van der Waals surface area contributed by atoms with Gasteiger partial charge in [0, 0.05) is 17.7 Å². The summed E-state index contributed by atoms with van der Waals surface area (Å²) < 4.78 is 0. The summed E-state index contributed by atoms with van der Waals surface area (Å²) in [5.74, 6) is -0.431. The van der Waals surface area contributed by atoms with E-state index in [-0.39, 0.29) is 11.3 Å². The fourth-order valence-corrected chi connectivity index (χ4v) is 3.38. The Bertz CT molecular complexity index is 742. The first-order valence-corrected chi connectivity index (χ1v) is 8.54. The van der Waals surface area contributed by atoms with E-state index in [1.807, 2.05) is 0 Å². The molecule has 0 radical (unpaired) electrons. The Morgan fingerprint density at radius 3 is 2.83 bits per heavy atom. The molecule has 3 rings (SSSR count). The number of carbonyl (C=O) groups is 1. The molecular formula is C15H17N5O3S. The van der Waals surface area contributed by atoms with Crippen LogP contribution in [0.2, 0.25) is 0 Å². The molecule has 2 aromatic rings. The normalized spacial score (nSPS) is 15.2. The molecule has 1 N–H and O–H groups in total. The summed E-state index contributed by atoms with van der Waals surface area (Å²) in [5, 5.41) is 22.8. The third kappa shape index (κ3) is 4.12. The minimum absolute atomic E-state index is 0.120. The molecule has 0 unspecified atom stereocenters. The van der Waals surface area contributed by atoms with Gasteiger partial charge in [0.1, 0.15) is 5.01 Å². The second-order valence-electron chi connectivity index (χ2n) is 5.60. The number of nitro benzene ring substituents is 1. The molecule has 0 saturated carbocycles. The fraction of sp³-hybridized carbons (Fsp3) is 0.400. The number of carbonyl (C=O) groups excluding carboxylic acids is 1. The first kappa shape index (κ1) is 16.5. The number of benzene rings is 1. The molecule has 1 amide bonds. The molecule has 0 atom stereocenters. The lowest BCUT2D eigenvalue weighted by Crippen LogP contribution is -2.28. The van der Waals surface area contributed by atoms with Crippen molar-refractivity contribution in [2.75, 3.05) is 18.4 Å². The Labute approximate surface area is 142 Å². The van der Waals surface area contributed by atoms with E-state index in [0.29, 0.717) is 5.13 Å². The average molecular weight is 347 g/mol. The Kier molecular flexibility index (Phi) is 5.11. The smallest absolute Gasteiger partial charge is 0.270 e. The van der Waals surface area contributed by atoms with Crippen LogP contribution in [0.15, 0.2) is 24.3 Å². The minimum atomic E-state index is -0.529. The Balaban J connectivity index is 1.62. The summed E-state index contributed by atoms with van der Waals surface area (Å²) in [7, 11) is 0. The number of nitrogens with one attached hydrogen (secondary N) is 1. The lowest BCUT2D eigenvalue weighted by Gasteiger charge is -2.24. The van der Waals surface area contributed by atoms with Gasteiger partial charge in [-0.15, -0.1) is 10.2 Å². The molecule has 9 heteroatoms. The van der Waals surface area contributed by atoms with Crippen molar-refractivity contribution in [3.05, 3.63) is 45.0 Å². The highest BCUT2D eigenvalue weighted by atomic mass is 32.1. The van der Waals surface area contributed by atoms with Gasteiger partial charge < -0.3 is 0 Å². The maximum absolute atomic E-state index is 12.2. The number of piperidine rings is 1. The lowest BCUT2D eigenvalue weighted by atomic mass is 10.1. The van der Waals surface area contributed by atoms with Crippen LogP contribution in [0.3, 0.4) is 0 Å². The highest BCUT2D eigenvalue weighted by molar-refractivity contribution is 7.15. The molecule has 0 bridgehead atoms. The van der Waals surface area contributed by atoms with Crippen LogP contribution in [0.1, 0.15) is 34.6 Å². The molecule has 126 valence electrons. The summed E-state index contributed by atoms with van der Waals surface area (Å²) in [4.78, 5) is 24.8. The molecule has 1 saturated heterocycles. The number of rotatable bonds is 5. The molecule has 1 aromatic heterocycles. The van der Waals surface area contributed by atoms with Gasteiger partial charge in [-0.05, 0) is 32.0 Å². The third-order valence-electron chi connectivity index (χ3n) is 3.81. The van der Waals surface area contributed by atoms with Crippen LogP contribution in [0.4, 0.5) is 10.8 Å². The molecule has 1 fully saturated rings. The first-order chi connectivity index (χ1) is 11.6. The summed E-state index contributed by atoms with van der Waals surface area (Å²) in [6, 6.07) is 5.59. The molecular weight excluding hydrogens is 330 g/mol. The molecule has 8 nitrogen and oxygen atoms in total. The zero-order chi connectivity index (χ0) is 16.9. The summed E-state index contributed by atoms with van der Waals surface area (Å²) in [5.41, 5.74) is 0.0997. The highest BCUT2D eigenvalue weighted by Gasteiger charge is 2.16. The van der Waals surface area contributed by atoms with Crippen LogP contribution in [0, 0.1) is 10.1 Å². The van der Waals surface area contributed by atoms with Crippen LogP contribution in [-0.2, 0) is 6.54 Å².